The molecule has 1 N–H and O–H groups in total. The van der Waals surface area contributed by atoms with Crippen LogP contribution in [0.25, 0.3) is 11.4 Å². The molecule has 1 aromatic heterocycles. The fourth-order valence-electron chi connectivity index (χ4n) is 2.33. The molecule has 6 heteroatoms. The molecule has 1 atom stereocenters. The maximum atomic E-state index is 5.61. The largest absolute Gasteiger partial charge is 0.366 e. The lowest BCUT2D eigenvalue weighted by Crippen LogP contribution is -2.33. The monoisotopic (exact) mass is 288 g/mol. The van der Waals surface area contributed by atoms with E-state index in [2.05, 4.69) is 46.6 Å². The number of morpholine rings is 1. The van der Waals surface area contributed by atoms with E-state index < -0.39 is 0 Å². The summed E-state index contributed by atoms with van der Waals surface area (Å²) in [6.07, 6.45) is -0.145. The van der Waals surface area contributed by atoms with Crippen LogP contribution in [0.1, 0.15) is 17.6 Å². The molecule has 1 aliphatic heterocycles. The van der Waals surface area contributed by atoms with Crippen molar-refractivity contribution < 1.29 is 9.26 Å². The minimum absolute atomic E-state index is 0.145. The second kappa shape index (κ2) is 6.34. The van der Waals surface area contributed by atoms with Crippen molar-refractivity contribution >= 4 is 0 Å². The second-order valence-corrected chi connectivity index (χ2v) is 5.45. The van der Waals surface area contributed by atoms with Crippen LogP contribution in [0.4, 0.5) is 0 Å². The summed E-state index contributed by atoms with van der Waals surface area (Å²) < 4.78 is 10.9. The molecule has 1 fully saturated rings. The average molecular weight is 288 g/mol. The lowest BCUT2D eigenvalue weighted by atomic mass is 10.1. The number of aromatic nitrogens is 2. The third-order valence-corrected chi connectivity index (χ3v) is 3.36. The predicted molar refractivity (Wildman–Crippen MR) is 78.7 cm³/mol. The Bertz CT molecular complexity index is 574. The van der Waals surface area contributed by atoms with Crippen molar-refractivity contribution in [1.29, 1.82) is 0 Å². The van der Waals surface area contributed by atoms with Crippen molar-refractivity contribution in [2.24, 2.45) is 0 Å². The van der Waals surface area contributed by atoms with Crippen LogP contribution >= 0.6 is 0 Å². The molecule has 1 aliphatic rings. The van der Waals surface area contributed by atoms with Gasteiger partial charge in [0.25, 0.3) is 5.89 Å². The van der Waals surface area contributed by atoms with Gasteiger partial charge in [0, 0.05) is 25.2 Å². The van der Waals surface area contributed by atoms with Gasteiger partial charge < -0.3 is 19.5 Å². The maximum absolute atomic E-state index is 5.61. The minimum atomic E-state index is -0.145. The Hall–Kier alpha value is -1.76. The summed E-state index contributed by atoms with van der Waals surface area (Å²) in [7, 11) is 4.11. The molecule has 0 radical (unpaired) electrons. The van der Waals surface area contributed by atoms with Crippen molar-refractivity contribution in [2.45, 2.75) is 12.6 Å². The number of rotatable bonds is 4. The molecule has 3 rings (SSSR count). The summed E-state index contributed by atoms with van der Waals surface area (Å²) in [6.45, 7) is 3.16. The van der Waals surface area contributed by atoms with Crippen LogP contribution in [-0.2, 0) is 11.3 Å². The fraction of sp³-hybridized carbons (Fsp3) is 0.467. The van der Waals surface area contributed by atoms with Gasteiger partial charge in [0.05, 0.1) is 6.61 Å². The first-order valence-electron chi connectivity index (χ1n) is 7.12. The molecule has 0 unspecified atom stereocenters. The van der Waals surface area contributed by atoms with Crippen LogP contribution in [0.2, 0.25) is 0 Å². The predicted octanol–water partition coefficient (Wildman–Crippen LogP) is 1.46. The Morgan fingerprint density at radius 2 is 2.10 bits per heavy atom. The van der Waals surface area contributed by atoms with Crippen molar-refractivity contribution in [2.75, 3.05) is 33.8 Å². The standard InChI is InChI=1S/C15H20N4O2/c1-19(2)10-11-3-5-12(6-4-11)14-17-15(21-18-14)13-9-16-7-8-20-13/h3-6,13,16H,7-10H2,1-2H3/t13-/m0/s1. The van der Waals surface area contributed by atoms with Gasteiger partial charge in [-0.3, -0.25) is 0 Å². The third-order valence-electron chi connectivity index (χ3n) is 3.36. The Morgan fingerprint density at radius 1 is 1.29 bits per heavy atom. The van der Waals surface area contributed by atoms with Crippen molar-refractivity contribution in [3.8, 4) is 11.4 Å². The zero-order chi connectivity index (χ0) is 14.7. The lowest BCUT2D eigenvalue weighted by molar-refractivity contribution is 0.00755. The molecular weight excluding hydrogens is 268 g/mol. The Kier molecular flexibility index (Phi) is 4.28. The van der Waals surface area contributed by atoms with E-state index >= 15 is 0 Å². The molecule has 1 saturated heterocycles. The van der Waals surface area contributed by atoms with E-state index in [4.69, 9.17) is 9.26 Å². The van der Waals surface area contributed by atoms with E-state index in [0.29, 0.717) is 24.9 Å². The van der Waals surface area contributed by atoms with Gasteiger partial charge in [-0.15, -0.1) is 0 Å². The van der Waals surface area contributed by atoms with Crippen molar-refractivity contribution in [1.82, 2.24) is 20.4 Å². The summed E-state index contributed by atoms with van der Waals surface area (Å²) in [5, 5.41) is 7.30. The highest BCUT2D eigenvalue weighted by molar-refractivity contribution is 5.54. The van der Waals surface area contributed by atoms with Gasteiger partial charge in [0.15, 0.2) is 0 Å². The van der Waals surface area contributed by atoms with Crippen LogP contribution in [-0.4, -0.2) is 48.8 Å². The molecule has 0 bridgehead atoms. The van der Waals surface area contributed by atoms with Gasteiger partial charge in [0.2, 0.25) is 5.82 Å². The molecule has 6 nitrogen and oxygen atoms in total. The Morgan fingerprint density at radius 3 is 2.76 bits per heavy atom. The van der Waals surface area contributed by atoms with E-state index in [-0.39, 0.29) is 6.10 Å². The summed E-state index contributed by atoms with van der Waals surface area (Å²) >= 11 is 0. The van der Waals surface area contributed by atoms with Crippen molar-refractivity contribution in [3.05, 3.63) is 35.7 Å². The first-order valence-corrected chi connectivity index (χ1v) is 7.12. The average Bonchev–Trinajstić information content (AvgIpc) is 2.98. The first kappa shape index (κ1) is 14.2. The number of nitrogens with one attached hydrogen (secondary N) is 1. The highest BCUT2D eigenvalue weighted by Crippen LogP contribution is 2.22. The minimum Gasteiger partial charge on any atom is -0.366 e. The van der Waals surface area contributed by atoms with Crippen LogP contribution in [0.15, 0.2) is 28.8 Å². The van der Waals surface area contributed by atoms with Crippen LogP contribution in [0.3, 0.4) is 0 Å². The topological polar surface area (TPSA) is 63.4 Å². The van der Waals surface area contributed by atoms with Gasteiger partial charge in [-0.1, -0.05) is 29.4 Å². The molecular formula is C15H20N4O2. The summed E-state index contributed by atoms with van der Waals surface area (Å²) in [5.41, 5.74) is 2.21. The zero-order valence-electron chi connectivity index (χ0n) is 12.4. The molecule has 0 spiro atoms. The molecule has 2 heterocycles. The second-order valence-electron chi connectivity index (χ2n) is 5.45. The normalized spacial score (nSPS) is 19.1. The SMILES string of the molecule is CN(C)Cc1ccc(-c2noc([C@@H]3CNCCO3)n2)cc1. The first-order chi connectivity index (χ1) is 10.2. The van der Waals surface area contributed by atoms with Gasteiger partial charge >= 0.3 is 0 Å². The molecule has 1 aromatic carbocycles. The summed E-state index contributed by atoms with van der Waals surface area (Å²) in [6, 6.07) is 8.22. The van der Waals surface area contributed by atoms with E-state index in [9.17, 15) is 0 Å². The van der Waals surface area contributed by atoms with E-state index in [1.807, 2.05) is 12.1 Å². The summed E-state index contributed by atoms with van der Waals surface area (Å²) in [4.78, 5) is 6.58. The fourth-order valence-corrected chi connectivity index (χ4v) is 2.33. The van der Waals surface area contributed by atoms with E-state index in [0.717, 1.165) is 18.7 Å². The molecule has 2 aromatic rings. The molecule has 0 saturated carbocycles. The molecule has 0 aliphatic carbocycles. The number of benzene rings is 1. The van der Waals surface area contributed by atoms with Crippen LogP contribution in [0.5, 0.6) is 0 Å². The number of hydrogen-bond acceptors (Lipinski definition) is 6. The van der Waals surface area contributed by atoms with Gasteiger partial charge in [-0.25, -0.2) is 0 Å². The maximum Gasteiger partial charge on any atom is 0.257 e. The highest BCUT2D eigenvalue weighted by atomic mass is 16.5. The Balaban J connectivity index is 1.73. The van der Waals surface area contributed by atoms with E-state index in [1.54, 1.807) is 0 Å². The summed E-state index contributed by atoms with van der Waals surface area (Å²) in [5.74, 6) is 1.14. The molecule has 112 valence electrons. The van der Waals surface area contributed by atoms with Gasteiger partial charge in [0.1, 0.15) is 6.10 Å². The smallest absolute Gasteiger partial charge is 0.257 e. The van der Waals surface area contributed by atoms with Crippen molar-refractivity contribution in [3.63, 3.8) is 0 Å². The zero-order valence-corrected chi connectivity index (χ0v) is 12.4. The van der Waals surface area contributed by atoms with Gasteiger partial charge in [-0.05, 0) is 19.7 Å². The molecule has 0 amide bonds. The van der Waals surface area contributed by atoms with Crippen LogP contribution < -0.4 is 5.32 Å². The van der Waals surface area contributed by atoms with E-state index in [1.165, 1.54) is 5.56 Å². The number of ether oxygens (including phenoxy) is 1. The quantitative estimate of drug-likeness (QED) is 0.919. The number of hydrogen-bond donors (Lipinski definition) is 1. The third kappa shape index (κ3) is 3.47. The molecule has 21 heavy (non-hydrogen) atoms. The number of nitrogens with zero attached hydrogens (tertiary/aromatic N) is 3. The van der Waals surface area contributed by atoms with Crippen LogP contribution in [0, 0.1) is 0 Å². The Labute approximate surface area is 124 Å². The highest BCUT2D eigenvalue weighted by Gasteiger charge is 2.22. The van der Waals surface area contributed by atoms with Gasteiger partial charge in [-0.2, -0.15) is 4.98 Å². The lowest BCUT2D eigenvalue weighted by Gasteiger charge is -2.19.